The van der Waals surface area contributed by atoms with Crippen LogP contribution in [0.3, 0.4) is 0 Å². The lowest BCUT2D eigenvalue weighted by molar-refractivity contribution is 0.165. The summed E-state index contributed by atoms with van der Waals surface area (Å²) < 4.78 is 33.6. The molecule has 0 radical (unpaired) electrons. The summed E-state index contributed by atoms with van der Waals surface area (Å²) in [5.74, 6) is 0. The third-order valence-corrected chi connectivity index (χ3v) is 2.36. The lowest BCUT2D eigenvalue weighted by atomic mass is 10.1. The molecular weight excluding hydrogens is 192 g/mol. The van der Waals surface area contributed by atoms with Crippen molar-refractivity contribution in [2.45, 2.75) is 52.1 Å². The smallest absolute Gasteiger partial charge is 0.264 e. The average Bonchev–Trinajstić information content (AvgIpc) is 2.01. The SMILES string of the molecule is CCCCC[C@@H](CC)OS(=O)(=O)O. The number of rotatable bonds is 7. The molecule has 1 N–H and O–H groups in total. The van der Waals surface area contributed by atoms with Crippen LogP contribution in [0, 0.1) is 0 Å². The first kappa shape index (κ1) is 12.9. The zero-order valence-corrected chi connectivity index (χ0v) is 9.01. The third kappa shape index (κ3) is 8.21. The highest BCUT2D eigenvalue weighted by Gasteiger charge is 2.14. The molecule has 0 bridgehead atoms. The molecule has 0 amide bonds. The molecule has 0 fully saturated rings. The molecule has 0 spiro atoms. The summed E-state index contributed by atoms with van der Waals surface area (Å²) in [5, 5.41) is 0. The van der Waals surface area contributed by atoms with Crippen molar-refractivity contribution < 1.29 is 17.2 Å². The summed E-state index contributed by atoms with van der Waals surface area (Å²) in [6, 6.07) is 0. The Morgan fingerprint density at radius 2 is 1.92 bits per heavy atom. The Hall–Kier alpha value is -0.130. The minimum absolute atomic E-state index is 0.374. The van der Waals surface area contributed by atoms with Gasteiger partial charge in [-0.15, -0.1) is 0 Å². The Bertz CT molecular complexity index is 210. The van der Waals surface area contributed by atoms with Crippen molar-refractivity contribution in [3.63, 3.8) is 0 Å². The van der Waals surface area contributed by atoms with Crippen LogP contribution in [-0.4, -0.2) is 19.1 Å². The molecule has 0 aliphatic rings. The summed E-state index contributed by atoms with van der Waals surface area (Å²) in [7, 11) is -4.27. The monoisotopic (exact) mass is 210 g/mol. The van der Waals surface area contributed by atoms with E-state index < -0.39 is 10.4 Å². The van der Waals surface area contributed by atoms with Gasteiger partial charge in [-0.3, -0.25) is 4.55 Å². The predicted octanol–water partition coefficient (Wildman–Crippen LogP) is 2.16. The highest BCUT2D eigenvalue weighted by Crippen LogP contribution is 2.11. The van der Waals surface area contributed by atoms with Gasteiger partial charge in [0.25, 0.3) is 0 Å². The molecule has 0 aliphatic heterocycles. The summed E-state index contributed by atoms with van der Waals surface area (Å²) in [5.41, 5.74) is 0. The second-order valence-corrected chi connectivity index (χ2v) is 4.10. The van der Waals surface area contributed by atoms with Crippen LogP contribution in [0.15, 0.2) is 0 Å². The molecule has 1 atom stereocenters. The summed E-state index contributed by atoms with van der Waals surface area (Å²) >= 11 is 0. The van der Waals surface area contributed by atoms with Gasteiger partial charge in [-0.25, -0.2) is 4.18 Å². The van der Waals surface area contributed by atoms with E-state index in [1.54, 1.807) is 0 Å². The zero-order valence-electron chi connectivity index (χ0n) is 8.19. The lowest BCUT2D eigenvalue weighted by Gasteiger charge is -2.12. The van der Waals surface area contributed by atoms with Crippen LogP contribution < -0.4 is 0 Å². The van der Waals surface area contributed by atoms with Crippen LogP contribution in [-0.2, 0) is 14.6 Å². The van der Waals surface area contributed by atoms with Crippen molar-refractivity contribution in [3.05, 3.63) is 0 Å². The van der Waals surface area contributed by atoms with E-state index >= 15 is 0 Å². The Kier molecular flexibility index (Phi) is 6.28. The van der Waals surface area contributed by atoms with Gasteiger partial charge in [0.1, 0.15) is 0 Å². The van der Waals surface area contributed by atoms with Crippen LogP contribution in [0.4, 0.5) is 0 Å². The standard InChI is InChI=1S/C8H18O4S/c1-3-5-6-7-8(4-2)12-13(9,10)11/h8H,3-7H2,1-2H3,(H,9,10,11)/t8-/m1/s1. The first-order valence-corrected chi connectivity index (χ1v) is 6.01. The van der Waals surface area contributed by atoms with Crippen LogP contribution in [0.1, 0.15) is 46.0 Å². The lowest BCUT2D eigenvalue weighted by Crippen LogP contribution is -2.16. The van der Waals surface area contributed by atoms with Crippen LogP contribution in [0.2, 0.25) is 0 Å². The minimum atomic E-state index is -4.27. The summed E-state index contributed by atoms with van der Waals surface area (Å²) in [6.07, 6.45) is 3.99. The number of hydrogen-bond donors (Lipinski definition) is 1. The van der Waals surface area contributed by atoms with Gasteiger partial charge in [0.2, 0.25) is 0 Å². The molecule has 0 saturated carbocycles. The zero-order chi connectivity index (χ0) is 10.3. The van der Waals surface area contributed by atoms with E-state index in [9.17, 15) is 8.42 Å². The maximum absolute atomic E-state index is 10.4. The van der Waals surface area contributed by atoms with Crippen molar-refractivity contribution in [1.82, 2.24) is 0 Å². The van der Waals surface area contributed by atoms with E-state index in [1.807, 2.05) is 6.92 Å². The van der Waals surface area contributed by atoms with E-state index in [4.69, 9.17) is 4.55 Å². The van der Waals surface area contributed by atoms with E-state index in [2.05, 4.69) is 11.1 Å². The molecular formula is C8H18O4S. The topological polar surface area (TPSA) is 63.6 Å². The van der Waals surface area contributed by atoms with Crippen molar-refractivity contribution in [3.8, 4) is 0 Å². The fraction of sp³-hybridized carbons (Fsp3) is 1.00. The number of unbranched alkanes of at least 4 members (excludes halogenated alkanes) is 2. The van der Waals surface area contributed by atoms with Crippen LogP contribution in [0.5, 0.6) is 0 Å². The quantitative estimate of drug-likeness (QED) is 0.516. The van der Waals surface area contributed by atoms with Gasteiger partial charge >= 0.3 is 10.4 Å². The fourth-order valence-electron chi connectivity index (χ4n) is 1.11. The predicted molar refractivity (Wildman–Crippen MR) is 50.9 cm³/mol. The molecule has 0 unspecified atom stereocenters. The van der Waals surface area contributed by atoms with Gasteiger partial charge in [-0.2, -0.15) is 8.42 Å². The molecule has 5 heteroatoms. The minimum Gasteiger partial charge on any atom is -0.264 e. The van der Waals surface area contributed by atoms with Gasteiger partial charge < -0.3 is 0 Å². The van der Waals surface area contributed by atoms with Crippen molar-refractivity contribution in [2.24, 2.45) is 0 Å². The van der Waals surface area contributed by atoms with Crippen LogP contribution in [0.25, 0.3) is 0 Å². The van der Waals surface area contributed by atoms with Crippen molar-refractivity contribution in [1.29, 1.82) is 0 Å². The fourth-order valence-corrected chi connectivity index (χ4v) is 1.69. The first-order chi connectivity index (χ1) is 5.99. The van der Waals surface area contributed by atoms with Gasteiger partial charge in [0.15, 0.2) is 0 Å². The Balaban J connectivity index is 3.77. The molecule has 0 aromatic carbocycles. The molecule has 13 heavy (non-hydrogen) atoms. The molecule has 0 saturated heterocycles. The first-order valence-electron chi connectivity index (χ1n) is 4.65. The van der Waals surface area contributed by atoms with E-state index in [1.165, 1.54) is 0 Å². The molecule has 0 heterocycles. The summed E-state index contributed by atoms with van der Waals surface area (Å²) in [6.45, 7) is 3.91. The molecule has 0 aliphatic carbocycles. The molecule has 0 aromatic heterocycles. The Morgan fingerprint density at radius 3 is 2.31 bits per heavy atom. The van der Waals surface area contributed by atoms with Crippen molar-refractivity contribution in [2.75, 3.05) is 0 Å². The highest BCUT2D eigenvalue weighted by molar-refractivity contribution is 7.80. The van der Waals surface area contributed by atoms with Gasteiger partial charge in [0.05, 0.1) is 6.10 Å². The van der Waals surface area contributed by atoms with Gasteiger partial charge in [0, 0.05) is 0 Å². The second kappa shape index (κ2) is 6.34. The highest BCUT2D eigenvalue weighted by atomic mass is 32.3. The molecule has 4 nitrogen and oxygen atoms in total. The summed E-state index contributed by atoms with van der Waals surface area (Å²) in [4.78, 5) is 0. The third-order valence-electron chi connectivity index (χ3n) is 1.84. The maximum Gasteiger partial charge on any atom is 0.397 e. The van der Waals surface area contributed by atoms with E-state index in [0.717, 1.165) is 19.3 Å². The molecule has 0 aromatic rings. The number of hydrogen-bond acceptors (Lipinski definition) is 3. The average molecular weight is 210 g/mol. The van der Waals surface area contributed by atoms with Gasteiger partial charge in [-0.1, -0.05) is 33.1 Å². The Labute approximate surface area is 80.2 Å². The largest absolute Gasteiger partial charge is 0.397 e. The second-order valence-electron chi connectivity index (χ2n) is 3.05. The van der Waals surface area contributed by atoms with E-state index in [-0.39, 0.29) is 6.10 Å². The Morgan fingerprint density at radius 1 is 1.31 bits per heavy atom. The molecule has 80 valence electrons. The van der Waals surface area contributed by atoms with Crippen molar-refractivity contribution >= 4 is 10.4 Å². The molecule has 0 rings (SSSR count). The van der Waals surface area contributed by atoms with Gasteiger partial charge in [-0.05, 0) is 12.8 Å². The normalized spacial score (nSPS) is 14.4. The van der Waals surface area contributed by atoms with Crippen LogP contribution >= 0.6 is 0 Å². The maximum atomic E-state index is 10.4. The van der Waals surface area contributed by atoms with E-state index in [0.29, 0.717) is 12.8 Å².